The van der Waals surface area contributed by atoms with Gasteiger partial charge in [-0.3, -0.25) is 0 Å². The van der Waals surface area contributed by atoms with Gasteiger partial charge in [0.05, 0.1) is 0 Å². The average Bonchev–Trinajstić information content (AvgIpc) is 3.06. The minimum absolute atomic E-state index is 0. The molecule has 24 heavy (non-hydrogen) atoms. The molecule has 1 heteroatoms. The molecule has 2 aromatic rings. The average molecular weight is 490 g/mol. The van der Waals surface area contributed by atoms with Gasteiger partial charge in [-0.1, -0.05) is 57.6 Å². The summed E-state index contributed by atoms with van der Waals surface area (Å²) in [5.41, 5.74) is 5.38. The van der Waals surface area contributed by atoms with Crippen LogP contribution in [0.4, 0.5) is 0 Å². The molecule has 1 aliphatic rings. The van der Waals surface area contributed by atoms with Gasteiger partial charge in [-0.25, -0.2) is 0 Å². The van der Waals surface area contributed by atoms with Crippen molar-refractivity contribution in [3.63, 3.8) is 0 Å². The predicted octanol–water partition coefficient (Wildman–Crippen LogP) is 7.09. The third kappa shape index (κ3) is 4.45. The number of hydrogen-bond acceptors (Lipinski definition) is 0. The van der Waals surface area contributed by atoms with Crippen molar-refractivity contribution in [2.24, 2.45) is 5.41 Å². The summed E-state index contributed by atoms with van der Waals surface area (Å²) in [4.78, 5) is 0. The number of hydrogen-bond donors (Lipinski definition) is 0. The van der Waals surface area contributed by atoms with Gasteiger partial charge in [-0.15, -0.1) is 34.5 Å². The first-order valence-electron chi connectivity index (χ1n) is 8.91. The van der Waals surface area contributed by atoms with Crippen LogP contribution in [0.1, 0.15) is 69.6 Å². The molecule has 1 aliphatic carbocycles. The summed E-state index contributed by atoms with van der Waals surface area (Å²) >= 11 is 0. The second-order valence-corrected chi connectivity index (χ2v) is 7.08. The van der Waals surface area contributed by atoms with E-state index in [1.807, 2.05) is 0 Å². The third-order valence-corrected chi connectivity index (χ3v) is 5.86. The van der Waals surface area contributed by atoms with Crippen LogP contribution in [0.15, 0.2) is 24.3 Å². The van der Waals surface area contributed by atoms with Gasteiger partial charge in [0.2, 0.25) is 0 Å². The zero-order chi connectivity index (χ0) is 14.9. The first-order chi connectivity index (χ1) is 10.2. The van der Waals surface area contributed by atoms with E-state index in [9.17, 15) is 0 Å². The Morgan fingerprint density at radius 1 is 0.958 bits per heavy atom. The molecule has 0 aromatic heterocycles. The van der Waals surface area contributed by atoms with Gasteiger partial charge in [0.15, 0.2) is 0 Å². The van der Waals surface area contributed by atoms with Crippen molar-refractivity contribution in [1.29, 1.82) is 0 Å². The molecule has 0 spiro atoms. The number of benzene rings is 1. The molecule has 0 fully saturated rings. The smallest absolute Gasteiger partial charge is 0 e. The molecular weight excluding hydrogens is 455 g/mol. The van der Waals surface area contributed by atoms with E-state index in [2.05, 4.69) is 45.0 Å². The molecule has 0 bridgehead atoms. The number of unbranched alkanes of at least 4 members (excludes halogenated alkanes) is 2. The summed E-state index contributed by atoms with van der Waals surface area (Å²) in [5.74, 6) is 0. The molecule has 0 heterocycles. The normalized spacial score (nSPS) is 14.5. The molecular formula is C23H35Hf-3. The number of fused-ring (bicyclic) bond motifs is 2. The fourth-order valence-corrected chi connectivity index (χ4v) is 4.14. The van der Waals surface area contributed by atoms with Gasteiger partial charge in [0.25, 0.3) is 0 Å². The fourth-order valence-electron chi connectivity index (χ4n) is 4.14. The zero-order valence-corrected chi connectivity index (χ0v) is 20.1. The Balaban J connectivity index is 0.00000176. The van der Waals surface area contributed by atoms with Crippen molar-refractivity contribution in [3.05, 3.63) is 55.8 Å². The number of aryl methyl sites for hydroxylation is 1. The van der Waals surface area contributed by atoms with Gasteiger partial charge >= 0.3 is 0 Å². The minimum Gasteiger partial charge on any atom is -0.358 e. The van der Waals surface area contributed by atoms with Crippen molar-refractivity contribution in [2.45, 2.75) is 72.1 Å². The van der Waals surface area contributed by atoms with E-state index in [4.69, 9.17) is 0 Å². The van der Waals surface area contributed by atoms with E-state index in [0.29, 0.717) is 5.41 Å². The van der Waals surface area contributed by atoms with Crippen LogP contribution in [-0.2, 0) is 45.1 Å². The van der Waals surface area contributed by atoms with Crippen LogP contribution < -0.4 is 0 Å². The molecule has 0 nitrogen and oxygen atoms in total. The van der Waals surface area contributed by atoms with Crippen molar-refractivity contribution >= 4 is 10.8 Å². The molecule has 0 radical (unpaired) electrons. The van der Waals surface area contributed by atoms with E-state index in [0.717, 1.165) is 0 Å². The Hall–Kier alpha value is -0.300. The second kappa shape index (κ2) is 10.00. The maximum atomic E-state index is 2.53. The summed E-state index contributed by atoms with van der Waals surface area (Å²) in [6.45, 7) is 7.02. The van der Waals surface area contributed by atoms with Crippen LogP contribution >= 0.6 is 0 Å². The quantitative estimate of drug-likeness (QED) is 0.231. The Bertz CT molecular complexity index is 616. The molecule has 0 saturated heterocycles. The van der Waals surface area contributed by atoms with E-state index < -0.39 is 0 Å². The van der Waals surface area contributed by atoms with Crippen molar-refractivity contribution in [3.8, 4) is 0 Å². The third-order valence-electron chi connectivity index (χ3n) is 5.86. The van der Waals surface area contributed by atoms with E-state index in [-0.39, 0.29) is 40.7 Å². The van der Waals surface area contributed by atoms with Gasteiger partial charge < -0.3 is 14.9 Å². The van der Waals surface area contributed by atoms with Gasteiger partial charge in [0, 0.05) is 25.8 Å². The summed E-state index contributed by atoms with van der Waals surface area (Å²) < 4.78 is 0. The summed E-state index contributed by atoms with van der Waals surface area (Å²) in [7, 11) is 0. The maximum absolute atomic E-state index is 2.53. The molecule has 0 N–H and O–H groups in total. The summed E-state index contributed by atoms with van der Waals surface area (Å²) in [6.07, 6.45) is 10.5. The van der Waals surface area contributed by atoms with Crippen LogP contribution in [0.25, 0.3) is 10.8 Å². The fraction of sp³-hybridized carbons (Fsp3) is 0.522. The van der Waals surface area contributed by atoms with E-state index in [1.54, 1.807) is 16.7 Å². The Morgan fingerprint density at radius 2 is 1.58 bits per heavy atom. The maximum Gasteiger partial charge on any atom is 0 e. The van der Waals surface area contributed by atoms with E-state index >= 15 is 0 Å². The SMILES string of the molecule is CCCCC[c-]1ccc2cc3c(cc21)CC(CC)(CC)C3.[CH3-].[CH3-].[Hf]. The summed E-state index contributed by atoms with van der Waals surface area (Å²) in [5, 5.41) is 3.01. The molecule has 3 rings (SSSR count). The largest absolute Gasteiger partial charge is 0.358 e. The zero-order valence-electron chi connectivity index (χ0n) is 16.5. The first-order valence-corrected chi connectivity index (χ1v) is 8.91. The standard InChI is InChI=1S/C21H29.2CH3.Hf/c1-4-7-8-9-16-10-11-17-12-18-14-21(5-2,6-3)15-19(18)13-20(16)17;;;/h10-13H,4-9,14-15H2,1-3H3;2*1H3;/q3*-1;. The Labute approximate surface area is 169 Å². The van der Waals surface area contributed by atoms with Crippen LogP contribution in [-0.4, -0.2) is 0 Å². The molecule has 0 amide bonds. The van der Waals surface area contributed by atoms with Gasteiger partial charge in [-0.05, 0) is 31.1 Å². The van der Waals surface area contributed by atoms with E-state index in [1.165, 1.54) is 62.1 Å². The molecule has 0 unspecified atom stereocenters. The molecule has 2 aromatic carbocycles. The van der Waals surface area contributed by atoms with Crippen LogP contribution in [0, 0.1) is 20.3 Å². The number of rotatable bonds is 6. The van der Waals surface area contributed by atoms with Gasteiger partial charge in [0.1, 0.15) is 0 Å². The molecule has 134 valence electrons. The van der Waals surface area contributed by atoms with Crippen LogP contribution in [0.2, 0.25) is 0 Å². The molecule has 0 saturated carbocycles. The Kier molecular flexibility index (Phi) is 9.87. The summed E-state index contributed by atoms with van der Waals surface area (Å²) in [6, 6.07) is 9.72. The minimum atomic E-state index is 0. The Morgan fingerprint density at radius 3 is 2.17 bits per heavy atom. The van der Waals surface area contributed by atoms with Crippen LogP contribution in [0.3, 0.4) is 0 Å². The first kappa shape index (κ1) is 23.7. The second-order valence-electron chi connectivity index (χ2n) is 7.08. The van der Waals surface area contributed by atoms with Crippen molar-refractivity contribution in [2.75, 3.05) is 0 Å². The molecule has 0 aliphatic heterocycles. The van der Waals surface area contributed by atoms with Crippen molar-refractivity contribution < 1.29 is 25.8 Å². The predicted molar refractivity (Wildman–Crippen MR) is 106 cm³/mol. The van der Waals surface area contributed by atoms with Crippen molar-refractivity contribution in [1.82, 2.24) is 0 Å². The monoisotopic (exact) mass is 491 g/mol. The van der Waals surface area contributed by atoms with Gasteiger partial charge in [-0.2, -0.15) is 6.07 Å². The topological polar surface area (TPSA) is 0 Å². The van der Waals surface area contributed by atoms with Crippen LogP contribution in [0.5, 0.6) is 0 Å². The molecule has 0 atom stereocenters.